The van der Waals surface area contributed by atoms with Gasteiger partial charge in [0.1, 0.15) is 10.8 Å². The molecule has 0 aliphatic rings. The van der Waals surface area contributed by atoms with Crippen LogP contribution in [-0.4, -0.2) is 18.0 Å². The number of aromatic nitrogens is 1. The number of aryl methyl sites for hydroxylation is 1. The maximum absolute atomic E-state index is 12.2. The number of hydrogen-bond acceptors (Lipinski definition) is 4. The fourth-order valence-electron chi connectivity index (χ4n) is 2.53. The standard InChI is InChI=1S/C20H20N2O2S/c1-14-18(12-19(23)21-13-15-8-4-3-5-9-15)25-20(22-14)16-10-6-7-11-17(16)24-2/h3-11H,12-13H2,1-2H3,(H,21,23). The van der Waals surface area contributed by atoms with Crippen LogP contribution < -0.4 is 10.1 Å². The number of carbonyl (C=O) groups is 1. The Bertz CT molecular complexity index is 859. The van der Waals surface area contributed by atoms with E-state index in [0.29, 0.717) is 13.0 Å². The molecular weight excluding hydrogens is 332 g/mol. The minimum Gasteiger partial charge on any atom is -0.496 e. The molecule has 0 unspecified atom stereocenters. The van der Waals surface area contributed by atoms with Gasteiger partial charge in [0.05, 0.1) is 24.8 Å². The minimum atomic E-state index is 0.00202. The van der Waals surface area contributed by atoms with Crippen molar-refractivity contribution in [1.82, 2.24) is 10.3 Å². The van der Waals surface area contributed by atoms with Crippen LogP contribution in [0.1, 0.15) is 16.1 Å². The number of amides is 1. The fourth-order valence-corrected chi connectivity index (χ4v) is 3.62. The van der Waals surface area contributed by atoms with Crippen molar-refractivity contribution >= 4 is 17.2 Å². The molecule has 0 atom stereocenters. The van der Waals surface area contributed by atoms with Crippen molar-refractivity contribution in [3.63, 3.8) is 0 Å². The molecule has 1 heterocycles. The number of thiazole rings is 1. The van der Waals surface area contributed by atoms with E-state index < -0.39 is 0 Å². The second-order valence-corrected chi connectivity index (χ2v) is 6.75. The molecular formula is C20H20N2O2S. The van der Waals surface area contributed by atoms with Crippen LogP contribution in [0.3, 0.4) is 0 Å². The first kappa shape index (κ1) is 17.2. The Kier molecular flexibility index (Phi) is 5.46. The summed E-state index contributed by atoms with van der Waals surface area (Å²) in [6, 6.07) is 17.7. The first-order chi connectivity index (χ1) is 12.2. The molecule has 0 saturated carbocycles. The third-order valence-electron chi connectivity index (χ3n) is 3.88. The van der Waals surface area contributed by atoms with Crippen LogP contribution in [0.25, 0.3) is 10.6 Å². The van der Waals surface area contributed by atoms with Crippen molar-refractivity contribution in [3.05, 3.63) is 70.7 Å². The van der Waals surface area contributed by atoms with Gasteiger partial charge < -0.3 is 10.1 Å². The van der Waals surface area contributed by atoms with Gasteiger partial charge in [0, 0.05) is 11.4 Å². The van der Waals surface area contributed by atoms with Crippen molar-refractivity contribution in [2.75, 3.05) is 7.11 Å². The van der Waals surface area contributed by atoms with E-state index in [4.69, 9.17) is 4.74 Å². The molecule has 4 nitrogen and oxygen atoms in total. The van der Waals surface area contributed by atoms with Gasteiger partial charge in [-0.3, -0.25) is 4.79 Å². The first-order valence-corrected chi connectivity index (χ1v) is 8.89. The van der Waals surface area contributed by atoms with Crippen molar-refractivity contribution in [3.8, 4) is 16.3 Å². The lowest BCUT2D eigenvalue weighted by Gasteiger charge is -2.05. The molecule has 3 rings (SSSR count). The van der Waals surface area contributed by atoms with E-state index in [1.165, 1.54) is 0 Å². The second kappa shape index (κ2) is 7.94. The van der Waals surface area contributed by atoms with E-state index in [1.807, 2.05) is 61.5 Å². The zero-order chi connectivity index (χ0) is 17.6. The predicted octanol–water partition coefficient (Wildman–Crippen LogP) is 3.99. The molecule has 0 spiro atoms. The Morgan fingerprint density at radius 3 is 2.60 bits per heavy atom. The topological polar surface area (TPSA) is 51.2 Å². The molecule has 0 saturated heterocycles. The summed E-state index contributed by atoms with van der Waals surface area (Å²) in [5.74, 6) is 0.790. The highest BCUT2D eigenvalue weighted by Gasteiger charge is 2.15. The van der Waals surface area contributed by atoms with Crippen LogP contribution in [0.15, 0.2) is 54.6 Å². The SMILES string of the molecule is COc1ccccc1-c1nc(C)c(CC(=O)NCc2ccccc2)s1. The molecule has 3 aromatic rings. The maximum atomic E-state index is 12.2. The van der Waals surface area contributed by atoms with E-state index in [1.54, 1.807) is 18.4 Å². The van der Waals surface area contributed by atoms with Crippen LogP contribution in [0.5, 0.6) is 5.75 Å². The summed E-state index contributed by atoms with van der Waals surface area (Å²) in [6.45, 7) is 2.48. The quantitative estimate of drug-likeness (QED) is 0.730. The summed E-state index contributed by atoms with van der Waals surface area (Å²) in [5, 5.41) is 3.84. The molecule has 1 N–H and O–H groups in total. The van der Waals surface area contributed by atoms with Crippen molar-refractivity contribution in [2.45, 2.75) is 19.9 Å². The fraction of sp³-hybridized carbons (Fsp3) is 0.200. The number of nitrogens with zero attached hydrogens (tertiary/aromatic N) is 1. The minimum absolute atomic E-state index is 0.00202. The van der Waals surface area contributed by atoms with Gasteiger partial charge in [-0.05, 0) is 24.6 Å². The number of nitrogens with one attached hydrogen (secondary N) is 1. The van der Waals surface area contributed by atoms with Gasteiger partial charge >= 0.3 is 0 Å². The van der Waals surface area contributed by atoms with Crippen LogP contribution in [0.2, 0.25) is 0 Å². The molecule has 0 fully saturated rings. The number of hydrogen-bond donors (Lipinski definition) is 1. The number of benzene rings is 2. The number of para-hydroxylation sites is 1. The predicted molar refractivity (Wildman–Crippen MR) is 101 cm³/mol. The third-order valence-corrected chi connectivity index (χ3v) is 5.07. The third kappa shape index (κ3) is 4.25. The van der Waals surface area contributed by atoms with Gasteiger partial charge in [0.15, 0.2) is 0 Å². The van der Waals surface area contributed by atoms with E-state index in [2.05, 4.69) is 10.3 Å². The highest BCUT2D eigenvalue weighted by atomic mass is 32.1. The smallest absolute Gasteiger partial charge is 0.225 e. The summed E-state index contributed by atoms with van der Waals surface area (Å²) in [5.41, 5.74) is 2.93. The Hall–Kier alpha value is -2.66. The molecule has 2 aromatic carbocycles. The van der Waals surface area contributed by atoms with Gasteiger partial charge in [-0.25, -0.2) is 4.98 Å². The lowest BCUT2D eigenvalue weighted by Crippen LogP contribution is -2.24. The average Bonchev–Trinajstić information content (AvgIpc) is 3.01. The van der Waals surface area contributed by atoms with Gasteiger partial charge in [0.25, 0.3) is 0 Å². The number of methoxy groups -OCH3 is 1. The van der Waals surface area contributed by atoms with Crippen LogP contribution >= 0.6 is 11.3 Å². The largest absolute Gasteiger partial charge is 0.496 e. The van der Waals surface area contributed by atoms with Gasteiger partial charge in [-0.1, -0.05) is 42.5 Å². The van der Waals surface area contributed by atoms with Gasteiger partial charge in [0.2, 0.25) is 5.91 Å². The second-order valence-electron chi connectivity index (χ2n) is 5.67. The van der Waals surface area contributed by atoms with Crippen LogP contribution in [0, 0.1) is 6.92 Å². The average molecular weight is 352 g/mol. The summed E-state index contributed by atoms with van der Waals surface area (Å²) in [4.78, 5) is 17.8. The Labute approximate surface area is 151 Å². The molecule has 5 heteroatoms. The molecule has 0 bridgehead atoms. The number of ether oxygens (including phenoxy) is 1. The molecule has 0 aliphatic heterocycles. The summed E-state index contributed by atoms with van der Waals surface area (Å²) >= 11 is 1.54. The van der Waals surface area contributed by atoms with Gasteiger partial charge in [-0.2, -0.15) is 0 Å². The van der Waals surface area contributed by atoms with Crippen molar-refractivity contribution in [1.29, 1.82) is 0 Å². The molecule has 0 aliphatic carbocycles. The lowest BCUT2D eigenvalue weighted by atomic mass is 10.2. The Morgan fingerprint density at radius 1 is 1.12 bits per heavy atom. The summed E-state index contributed by atoms with van der Waals surface area (Å²) in [7, 11) is 1.65. The maximum Gasteiger partial charge on any atom is 0.225 e. The zero-order valence-corrected chi connectivity index (χ0v) is 15.1. The van der Waals surface area contributed by atoms with Crippen molar-refractivity contribution < 1.29 is 9.53 Å². The molecule has 1 aromatic heterocycles. The van der Waals surface area contributed by atoms with E-state index >= 15 is 0 Å². The highest BCUT2D eigenvalue weighted by molar-refractivity contribution is 7.15. The van der Waals surface area contributed by atoms with E-state index in [9.17, 15) is 4.79 Å². The molecule has 25 heavy (non-hydrogen) atoms. The monoisotopic (exact) mass is 352 g/mol. The first-order valence-electron chi connectivity index (χ1n) is 8.07. The number of rotatable bonds is 6. The van der Waals surface area contributed by atoms with E-state index in [0.717, 1.165) is 32.5 Å². The van der Waals surface area contributed by atoms with Crippen LogP contribution in [0.4, 0.5) is 0 Å². The summed E-state index contributed by atoms with van der Waals surface area (Å²) < 4.78 is 5.40. The molecule has 128 valence electrons. The Balaban J connectivity index is 1.69. The van der Waals surface area contributed by atoms with Gasteiger partial charge in [-0.15, -0.1) is 11.3 Å². The molecule has 0 radical (unpaired) electrons. The Morgan fingerprint density at radius 2 is 1.84 bits per heavy atom. The summed E-state index contributed by atoms with van der Waals surface area (Å²) in [6.07, 6.45) is 0.339. The normalized spacial score (nSPS) is 10.5. The number of carbonyl (C=O) groups excluding carboxylic acids is 1. The highest BCUT2D eigenvalue weighted by Crippen LogP contribution is 2.34. The zero-order valence-electron chi connectivity index (χ0n) is 14.3. The molecule has 1 amide bonds. The van der Waals surface area contributed by atoms with E-state index in [-0.39, 0.29) is 5.91 Å². The van der Waals surface area contributed by atoms with Crippen molar-refractivity contribution in [2.24, 2.45) is 0 Å². The lowest BCUT2D eigenvalue weighted by molar-refractivity contribution is -0.120. The van der Waals surface area contributed by atoms with Crippen LogP contribution in [-0.2, 0) is 17.8 Å².